The van der Waals surface area contributed by atoms with E-state index in [1.807, 2.05) is 18.2 Å². The molecule has 100 valence electrons. The predicted octanol–water partition coefficient (Wildman–Crippen LogP) is 4.40. The van der Waals surface area contributed by atoms with Crippen molar-refractivity contribution in [1.29, 1.82) is 0 Å². The summed E-state index contributed by atoms with van der Waals surface area (Å²) in [6, 6.07) is 13.9. The minimum Gasteiger partial charge on any atom is -0.383 e. The van der Waals surface area contributed by atoms with Crippen molar-refractivity contribution in [2.75, 3.05) is 11.9 Å². The summed E-state index contributed by atoms with van der Waals surface area (Å²) in [5.41, 5.74) is 1.68. The number of nitrogens with one attached hydrogen (secondary N) is 1. The van der Waals surface area contributed by atoms with Crippen molar-refractivity contribution >= 4 is 5.69 Å². The number of aryl methyl sites for hydroxylation is 1. The van der Waals surface area contributed by atoms with Crippen LogP contribution in [-0.2, 0) is 6.42 Å². The average Bonchev–Trinajstić information content (AvgIpc) is 2.42. The Morgan fingerprint density at radius 2 is 1.68 bits per heavy atom. The quantitative estimate of drug-likeness (QED) is 0.760. The second-order valence-corrected chi connectivity index (χ2v) is 4.49. The molecule has 0 amide bonds. The van der Waals surface area contributed by atoms with Gasteiger partial charge in [0, 0.05) is 12.6 Å². The van der Waals surface area contributed by atoms with Crippen molar-refractivity contribution in [3.8, 4) is 0 Å². The third kappa shape index (κ3) is 4.36. The van der Waals surface area contributed by atoms with E-state index >= 15 is 0 Å². The predicted molar refractivity (Wildman–Crippen MR) is 74.2 cm³/mol. The number of rotatable bonds is 6. The van der Waals surface area contributed by atoms with Crippen LogP contribution in [0.5, 0.6) is 0 Å². The summed E-state index contributed by atoms with van der Waals surface area (Å²) in [6.07, 6.45) is 3.01. The molecule has 0 saturated heterocycles. The average molecular weight is 261 g/mol. The van der Waals surface area contributed by atoms with Gasteiger partial charge in [-0.3, -0.25) is 0 Å². The summed E-state index contributed by atoms with van der Waals surface area (Å²) in [7, 11) is 0. The van der Waals surface area contributed by atoms with Crippen LogP contribution in [0.4, 0.5) is 14.5 Å². The number of anilines is 1. The molecule has 0 saturated carbocycles. The van der Waals surface area contributed by atoms with Gasteiger partial charge in [-0.2, -0.15) is 0 Å². The standard InChI is InChI=1S/C16H17F2N/c17-14-9-10-16(15(18)12-14)19-11-5-4-8-13-6-2-1-3-7-13/h1-3,6-7,9-10,12,19H,4-5,8,11H2. The topological polar surface area (TPSA) is 12.0 Å². The zero-order valence-electron chi connectivity index (χ0n) is 10.7. The Labute approximate surface area is 112 Å². The number of hydrogen-bond acceptors (Lipinski definition) is 1. The van der Waals surface area contributed by atoms with Gasteiger partial charge in [0.15, 0.2) is 0 Å². The first kappa shape index (κ1) is 13.5. The van der Waals surface area contributed by atoms with E-state index < -0.39 is 11.6 Å². The van der Waals surface area contributed by atoms with Crippen LogP contribution in [0.3, 0.4) is 0 Å². The van der Waals surface area contributed by atoms with Crippen LogP contribution in [0.25, 0.3) is 0 Å². The number of unbranched alkanes of at least 4 members (excludes halogenated alkanes) is 1. The van der Waals surface area contributed by atoms with Crippen LogP contribution < -0.4 is 5.32 Å². The van der Waals surface area contributed by atoms with Crippen LogP contribution >= 0.6 is 0 Å². The summed E-state index contributed by atoms with van der Waals surface area (Å²) in [5.74, 6) is -1.09. The Morgan fingerprint density at radius 3 is 2.42 bits per heavy atom. The fourth-order valence-corrected chi connectivity index (χ4v) is 1.95. The molecule has 1 nitrogen and oxygen atoms in total. The highest BCUT2D eigenvalue weighted by molar-refractivity contribution is 5.44. The summed E-state index contributed by atoms with van der Waals surface area (Å²) in [4.78, 5) is 0. The lowest BCUT2D eigenvalue weighted by molar-refractivity contribution is 0.584. The minimum atomic E-state index is -0.549. The molecule has 2 aromatic carbocycles. The molecule has 1 N–H and O–H groups in total. The highest BCUT2D eigenvalue weighted by Crippen LogP contribution is 2.15. The van der Waals surface area contributed by atoms with Gasteiger partial charge in [0.2, 0.25) is 0 Å². The van der Waals surface area contributed by atoms with Gasteiger partial charge in [0.25, 0.3) is 0 Å². The zero-order valence-corrected chi connectivity index (χ0v) is 10.7. The van der Waals surface area contributed by atoms with Crippen molar-refractivity contribution in [2.24, 2.45) is 0 Å². The number of benzene rings is 2. The Kier molecular flexibility index (Phi) is 4.90. The molecule has 3 heteroatoms. The number of hydrogen-bond donors (Lipinski definition) is 1. The first-order valence-electron chi connectivity index (χ1n) is 6.48. The SMILES string of the molecule is Fc1ccc(NCCCCc2ccccc2)c(F)c1. The van der Waals surface area contributed by atoms with E-state index in [1.54, 1.807) is 0 Å². The van der Waals surface area contributed by atoms with Crippen molar-refractivity contribution in [3.05, 3.63) is 65.7 Å². The van der Waals surface area contributed by atoms with Crippen molar-refractivity contribution in [2.45, 2.75) is 19.3 Å². The Bertz CT molecular complexity index is 511. The zero-order chi connectivity index (χ0) is 13.5. The van der Waals surface area contributed by atoms with E-state index in [0.29, 0.717) is 12.2 Å². The molecule has 0 heterocycles. The van der Waals surface area contributed by atoms with E-state index in [1.165, 1.54) is 17.7 Å². The van der Waals surface area contributed by atoms with Crippen LogP contribution in [0.1, 0.15) is 18.4 Å². The molecule has 0 aliphatic rings. The molecule has 0 spiro atoms. The van der Waals surface area contributed by atoms with Gasteiger partial charge in [0.1, 0.15) is 11.6 Å². The molecule has 0 fully saturated rings. The molecule has 0 bridgehead atoms. The summed E-state index contributed by atoms with van der Waals surface area (Å²) < 4.78 is 26.0. The molecule has 0 unspecified atom stereocenters. The summed E-state index contributed by atoms with van der Waals surface area (Å²) in [5, 5.41) is 2.98. The lowest BCUT2D eigenvalue weighted by atomic mass is 10.1. The highest BCUT2D eigenvalue weighted by atomic mass is 19.1. The smallest absolute Gasteiger partial charge is 0.149 e. The first-order chi connectivity index (χ1) is 9.25. The van der Waals surface area contributed by atoms with Crippen LogP contribution in [-0.4, -0.2) is 6.54 Å². The van der Waals surface area contributed by atoms with Crippen LogP contribution in [0.2, 0.25) is 0 Å². The third-order valence-corrected chi connectivity index (χ3v) is 2.98. The largest absolute Gasteiger partial charge is 0.383 e. The van der Waals surface area contributed by atoms with Crippen molar-refractivity contribution < 1.29 is 8.78 Å². The fourth-order valence-electron chi connectivity index (χ4n) is 1.95. The molecule has 0 aliphatic heterocycles. The van der Waals surface area contributed by atoms with Crippen molar-refractivity contribution in [3.63, 3.8) is 0 Å². The van der Waals surface area contributed by atoms with E-state index in [-0.39, 0.29) is 0 Å². The Hall–Kier alpha value is -1.90. The molecule has 0 atom stereocenters. The Balaban J connectivity index is 1.69. The molecule has 19 heavy (non-hydrogen) atoms. The van der Waals surface area contributed by atoms with E-state index in [9.17, 15) is 8.78 Å². The lowest BCUT2D eigenvalue weighted by Gasteiger charge is -2.07. The maximum atomic E-state index is 13.3. The molecular formula is C16H17F2N. The van der Waals surface area contributed by atoms with Gasteiger partial charge in [0.05, 0.1) is 5.69 Å². The molecule has 2 rings (SSSR count). The fraction of sp³-hybridized carbons (Fsp3) is 0.250. The van der Waals surface area contributed by atoms with E-state index in [2.05, 4.69) is 17.4 Å². The maximum absolute atomic E-state index is 13.3. The van der Waals surface area contributed by atoms with Crippen molar-refractivity contribution in [1.82, 2.24) is 0 Å². The summed E-state index contributed by atoms with van der Waals surface area (Å²) in [6.45, 7) is 0.690. The monoisotopic (exact) mass is 261 g/mol. The van der Waals surface area contributed by atoms with E-state index in [4.69, 9.17) is 0 Å². The molecule has 0 aliphatic carbocycles. The highest BCUT2D eigenvalue weighted by Gasteiger charge is 2.02. The minimum absolute atomic E-state index is 0.362. The lowest BCUT2D eigenvalue weighted by Crippen LogP contribution is -2.04. The van der Waals surface area contributed by atoms with Gasteiger partial charge in [-0.1, -0.05) is 30.3 Å². The van der Waals surface area contributed by atoms with Gasteiger partial charge in [-0.05, 0) is 37.0 Å². The molecular weight excluding hydrogens is 244 g/mol. The molecule has 0 radical (unpaired) electrons. The van der Waals surface area contributed by atoms with Gasteiger partial charge >= 0.3 is 0 Å². The third-order valence-electron chi connectivity index (χ3n) is 2.98. The van der Waals surface area contributed by atoms with E-state index in [0.717, 1.165) is 25.3 Å². The normalized spacial score (nSPS) is 10.4. The second-order valence-electron chi connectivity index (χ2n) is 4.49. The molecule has 0 aromatic heterocycles. The van der Waals surface area contributed by atoms with Crippen LogP contribution in [0.15, 0.2) is 48.5 Å². The van der Waals surface area contributed by atoms with Gasteiger partial charge < -0.3 is 5.32 Å². The van der Waals surface area contributed by atoms with Crippen LogP contribution in [0, 0.1) is 11.6 Å². The summed E-state index contributed by atoms with van der Waals surface area (Å²) >= 11 is 0. The van der Waals surface area contributed by atoms with Gasteiger partial charge in [-0.15, -0.1) is 0 Å². The molecule has 2 aromatic rings. The first-order valence-corrected chi connectivity index (χ1v) is 6.48. The number of halogens is 2. The Morgan fingerprint density at radius 1 is 0.895 bits per heavy atom. The maximum Gasteiger partial charge on any atom is 0.149 e. The second kappa shape index (κ2) is 6.88. The van der Waals surface area contributed by atoms with Gasteiger partial charge in [-0.25, -0.2) is 8.78 Å².